The van der Waals surface area contributed by atoms with E-state index in [1.807, 2.05) is 0 Å². The molecule has 6 nitrogen and oxygen atoms in total. The number of primary amides is 1. The van der Waals surface area contributed by atoms with Crippen molar-refractivity contribution in [3.63, 3.8) is 0 Å². The number of aromatic nitrogens is 4. The number of carbonyl (C=O) groups is 1. The Labute approximate surface area is 171 Å². The zero-order valence-corrected chi connectivity index (χ0v) is 15.7. The van der Waals surface area contributed by atoms with E-state index >= 15 is 0 Å². The second-order valence-corrected chi connectivity index (χ2v) is 6.79. The molecule has 0 atom stereocenters. The summed E-state index contributed by atoms with van der Waals surface area (Å²) < 4.78 is 56.8. The zero-order valence-electron chi connectivity index (χ0n) is 15.0. The van der Waals surface area contributed by atoms with Gasteiger partial charge < -0.3 is 10.3 Å². The fourth-order valence-electron chi connectivity index (χ4n) is 3.18. The third-order valence-electron chi connectivity index (χ3n) is 4.47. The van der Waals surface area contributed by atoms with Crippen LogP contribution in [0.25, 0.3) is 28.2 Å². The molecule has 4 aromatic rings. The molecule has 0 unspecified atom stereocenters. The van der Waals surface area contributed by atoms with Gasteiger partial charge >= 0.3 is 0 Å². The molecular weight excluding hydrogens is 426 g/mol. The number of pyridine rings is 1. The number of amides is 1. The second-order valence-electron chi connectivity index (χ2n) is 6.39. The quantitative estimate of drug-likeness (QED) is 0.376. The first-order chi connectivity index (χ1) is 14.3. The van der Waals surface area contributed by atoms with Gasteiger partial charge in [0.2, 0.25) is 0 Å². The Bertz CT molecular complexity index is 1280. The summed E-state index contributed by atoms with van der Waals surface area (Å²) in [5.74, 6) is -2.66. The van der Waals surface area contributed by atoms with Gasteiger partial charge in [-0.25, -0.2) is 27.5 Å². The fraction of sp³-hybridized carbons (Fsp3) is 0.105. The molecule has 0 bridgehead atoms. The van der Waals surface area contributed by atoms with E-state index in [2.05, 4.69) is 9.97 Å². The molecule has 0 spiro atoms. The molecule has 0 aliphatic heterocycles. The van der Waals surface area contributed by atoms with Crippen LogP contribution in [-0.2, 0) is 6.54 Å². The van der Waals surface area contributed by atoms with Gasteiger partial charge in [0, 0.05) is 23.4 Å². The molecule has 2 N–H and O–H groups in total. The lowest BCUT2D eigenvalue weighted by Crippen LogP contribution is -2.13. The number of nitrogens with zero attached hydrogens (tertiary/aromatic N) is 4. The summed E-state index contributed by atoms with van der Waals surface area (Å²) in [6, 6.07) is 4.73. The Morgan fingerprint density at radius 3 is 2.63 bits per heavy atom. The van der Waals surface area contributed by atoms with E-state index in [9.17, 15) is 22.4 Å². The molecule has 1 amide bonds. The first kappa shape index (κ1) is 19.9. The third-order valence-corrected chi connectivity index (χ3v) is 4.76. The van der Waals surface area contributed by atoms with E-state index in [1.54, 1.807) is 12.1 Å². The Hall–Kier alpha value is -3.40. The zero-order chi connectivity index (χ0) is 21.6. The SMILES string of the molecule is NC(=O)c1cnc2ccc(-c3c(-c4cc(Cl)c(F)cc4F)ncn3CC(F)F)cn12. The van der Waals surface area contributed by atoms with Crippen molar-refractivity contribution in [1.29, 1.82) is 0 Å². The summed E-state index contributed by atoms with van der Waals surface area (Å²) in [6.07, 6.45) is 1.14. The van der Waals surface area contributed by atoms with Gasteiger partial charge in [-0.1, -0.05) is 11.6 Å². The van der Waals surface area contributed by atoms with Gasteiger partial charge in [0.15, 0.2) is 0 Å². The Kier molecular flexibility index (Phi) is 4.94. The molecule has 0 fully saturated rings. The van der Waals surface area contributed by atoms with Crippen LogP contribution in [-0.4, -0.2) is 31.3 Å². The van der Waals surface area contributed by atoms with Crippen molar-refractivity contribution < 1.29 is 22.4 Å². The Morgan fingerprint density at radius 1 is 1.17 bits per heavy atom. The van der Waals surface area contributed by atoms with Crippen LogP contribution in [0.5, 0.6) is 0 Å². The molecule has 0 saturated heterocycles. The summed E-state index contributed by atoms with van der Waals surface area (Å²) in [5.41, 5.74) is 6.09. The van der Waals surface area contributed by atoms with Crippen LogP contribution in [0, 0.1) is 11.6 Å². The lowest BCUT2D eigenvalue weighted by molar-refractivity contribution is 0.0994. The minimum absolute atomic E-state index is 0.0184. The number of hydrogen-bond donors (Lipinski definition) is 1. The van der Waals surface area contributed by atoms with Crippen LogP contribution < -0.4 is 5.73 Å². The molecule has 0 saturated carbocycles. The number of fused-ring (bicyclic) bond motifs is 1. The number of halogens is 5. The molecule has 3 heterocycles. The van der Waals surface area contributed by atoms with Gasteiger partial charge in [-0.2, -0.15) is 0 Å². The van der Waals surface area contributed by atoms with Crippen molar-refractivity contribution in [2.45, 2.75) is 13.0 Å². The molecule has 3 aromatic heterocycles. The molecule has 154 valence electrons. The fourth-order valence-corrected chi connectivity index (χ4v) is 3.34. The van der Waals surface area contributed by atoms with Crippen molar-refractivity contribution in [3.05, 3.63) is 65.3 Å². The first-order valence-corrected chi connectivity index (χ1v) is 8.89. The van der Waals surface area contributed by atoms with E-state index in [1.165, 1.54) is 16.8 Å². The minimum Gasteiger partial charge on any atom is -0.364 e. The van der Waals surface area contributed by atoms with Crippen molar-refractivity contribution in [2.75, 3.05) is 0 Å². The number of carbonyl (C=O) groups excluding carboxylic acids is 1. The summed E-state index contributed by atoms with van der Waals surface area (Å²) in [4.78, 5) is 19.7. The first-order valence-electron chi connectivity index (χ1n) is 8.51. The standard InChI is InChI=1S/C19H12ClF4N5O/c20-11-3-10(12(21)4-13(11)22)17-18(28(8-27-17)7-15(23)24)9-1-2-16-26-5-14(19(25)30)29(16)6-9/h1-6,8,15H,7H2,(H2,25,30). The number of benzene rings is 1. The van der Waals surface area contributed by atoms with Crippen LogP contribution >= 0.6 is 11.6 Å². The molecule has 30 heavy (non-hydrogen) atoms. The lowest BCUT2D eigenvalue weighted by Gasteiger charge is -2.12. The monoisotopic (exact) mass is 437 g/mol. The highest BCUT2D eigenvalue weighted by atomic mass is 35.5. The van der Waals surface area contributed by atoms with Gasteiger partial charge in [-0.15, -0.1) is 0 Å². The van der Waals surface area contributed by atoms with Gasteiger partial charge in [0.25, 0.3) is 12.3 Å². The number of alkyl halides is 2. The van der Waals surface area contributed by atoms with E-state index in [0.29, 0.717) is 17.3 Å². The smallest absolute Gasteiger partial charge is 0.267 e. The van der Waals surface area contributed by atoms with E-state index in [0.717, 1.165) is 17.0 Å². The second kappa shape index (κ2) is 7.45. The predicted molar refractivity (Wildman–Crippen MR) is 101 cm³/mol. The summed E-state index contributed by atoms with van der Waals surface area (Å²) in [5, 5.41) is -0.346. The van der Waals surface area contributed by atoms with Crippen LogP contribution in [0.2, 0.25) is 5.02 Å². The number of imidazole rings is 2. The largest absolute Gasteiger partial charge is 0.364 e. The van der Waals surface area contributed by atoms with Gasteiger partial charge in [0.05, 0.1) is 35.5 Å². The number of hydrogen-bond acceptors (Lipinski definition) is 3. The molecule has 1 aromatic carbocycles. The molecule has 4 rings (SSSR count). The van der Waals surface area contributed by atoms with Crippen molar-refractivity contribution in [2.24, 2.45) is 5.73 Å². The van der Waals surface area contributed by atoms with Crippen LogP contribution in [0.15, 0.2) is 43.0 Å². The summed E-state index contributed by atoms with van der Waals surface area (Å²) in [6.45, 7) is -0.719. The van der Waals surface area contributed by atoms with E-state index in [-0.39, 0.29) is 27.7 Å². The highest BCUT2D eigenvalue weighted by Crippen LogP contribution is 2.35. The molecule has 0 aliphatic carbocycles. The van der Waals surface area contributed by atoms with Crippen molar-refractivity contribution >= 4 is 23.2 Å². The Balaban J connectivity index is 1.98. The maximum Gasteiger partial charge on any atom is 0.267 e. The number of nitrogens with two attached hydrogens (primary N) is 1. The van der Waals surface area contributed by atoms with E-state index < -0.39 is 30.5 Å². The molecule has 11 heteroatoms. The highest BCUT2D eigenvalue weighted by molar-refractivity contribution is 6.31. The average molecular weight is 438 g/mol. The summed E-state index contributed by atoms with van der Waals surface area (Å²) >= 11 is 5.78. The van der Waals surface area contributed by atoms with Gasteiger partial charge in [-0.05, 0) is 18.2 Å². The van der Waals surface area contributed by atoms with Crippen LogP contribution in [0.3, 0.4) is 0 Å². The van der Waals surface area contributed by atoms with Gasteiger partial charge in [-0.3, -0.25) is 9.20 Å². The van der Waals surface area contributed by atoms with Crippen LogP contribution in [0.1, 0.15) is 10.5 Å². The average Bonchev–Trinajstić information content (AvgIpc) is 3.27. The van der Waals surface area contributed by atoms with E-state index in [4.69, 9.17) is 17.3 Å². The minimum atomic E-state index is -2.72. The normalized spacial score (nSPS) is 11.5. The topological polar surface area (TPSA) is 78.2 Å². The van der Waals surface area contributed by atoms with Gasteiger partial charge in [0.1, 0.15) is 23.0 Å². The predicted octanol–water partition coefficient (Wildman–Crippen LogP) is 4.16. The maximum atomic E-state index is 14.5. The Morgan fingerprint density at radius 2 is 1.93 bits per heavy atom. The van der Waals surface area contributed by atoms with Crippen molar-refractivity contribution in [3.8, 4) is 22.5 Å². The molecule has 0 radical (unpaired) electrons. The third kappa shape index (κ3) is 3.39. The molecular formula is C19H12ClF4N5O. The lowest BCUT2D eigenvalue weighted by atomic mass is 10.0. The maximum absolute atomic E-state index is 14.5. The summed E-state index contributed by atoms with van der Waals surface area (Å²) in [7, 11) is 0. The number of rotatable bonds is 5. The molecule has 0 aliphatic rings. The highest BCUT2D eigenvalue weighted by Gasteiger charge is 2.22. The van der Waals surface area contributed by atoms with Crippen molar-refractivity contribution in [1.82, 2.24) is 18.9 Å². The van der Waals surface area contributed by atoms with Crippen LogP contribution in [0.4, 0.5) is 17.6 Å².